The standard InChI is InChI=1S/C17H26N2O4/c1-4-22-15-10-14(20)17(15)5-7-19(8-6-17)16(21)12-9-13(11(2)3)23-18-12/h9,11,14-15,20H,4-8,10H2,1-3H3. The molecule has 0 bridgehead atoms. The molecule has 1 saturated heterocycles. The maximum Gasteiger partial charge on any atom is 0.276 e. The summed E-state index contributed by atoms with van der Waals surface area (Å²) in [5.41, 5.74) is 0.208. The van der Waals surface area contributed by atoms with Crippen LogP contribution in [0.4, 0.5) is 0 Å². The molecule has 1 saturated carbocycles. The van der Waals surface area contributed by atoms with Crippen LogP contribution in [-0.2, 0) is 4.74 Å². The molecular weight excluding hydrogens is 296 g/mol. The number of carbonyl (C=O) groups is 1. The molecule has 6 nitrogen and oxygen atoms in total. The largest absolute Gasteiger partial charge is 0.392 e. The molecule has 23 heavy (non-hydrogen) atoms. The molecule has 128 valence electrons. The van der Waals surface area contributed by atoms with Gasteiger partial charge in [-0.25, -0.2) is 0 Å². The summed E-state index contributed by atoms with van der Waals surface area (Å²) < 4.78 is 11.0. The third-order valence-corrected chi connectivity index (χ3v) is 5.41. The van der Waals surface area contributed by atoms with Crippen LogP contribution in [0.2, 0.25) is 0 Å². The molecule has 2 heterocycles. The predicted molar refractivity (Wildman–Crippen MR) is 84.2 cm³/mol. The zero-order chi connectivity index (χ0) is 16.6. The van der Waals surface area contributed by atoms with Crippen molar-refractivity contribution >= 4 is 5.91 Å². The predicted octanol–water partition coefficient (Wildman–Crippen LogP) is 2.19. The minimum Gasteiger partial charge on any atom is -0.392 e. The molecule has 2 fully saturated rings. The van der Waals surface area contributed by atoms with Crippen molar-refractivity contribution in [1.82, 2.24) is 10.1 Å². The van der Waals surface area contributed by atoms with E-state index < -0.39 is 0 Å². The van der Waals surface area contributed by atoms with E-state index >= 15 is 0 Å². The van der Waals surface area contributed by atoms with Gasteiger partial charge >= 0.3 is 0 Å². The first-order valence-electron chi connectivity index (χ1n) is 8.53. The summed E-state index contributed by atoms with van der Waals surface area (Å²) in [4.78, 5) is 14.4. The first-order chi connectivity index (χ1) is 11.0. The van der Waals surface area contributed by atoms with Crippen molar-refractivity contribution in [3.8, 4) is 0 Å². The average molecular weight is 322 g/mol. The van der Waals surface area contributed by atoms with Gasteiger partial charge in [-0.1, -0.05) is 19.0 Å². The van der Waals surface area contributed by atoms with E-state index in [-0.39, 0.29) is 29.4 Å². The molecule has 0 aromatic carbocycles. The molecule has 1 aromatic rings. The van der Waals surface area contributed by atoms with Crippen molar-refractivity contribution in [3.05, 3.63) is 17.5 Å². The van der Waals surface area contributed by atoms with Gasteiger partial charge in [0, 0.05) is 43.5 Å². The van der Waals surface area contributed by atoms with E-state index in [1.54, 1.807) is 11.0 Å². The highest BCUT2D eigenvalue weighted by Crippen LogP contribution is 2.51. The summed E-state index contributed by atoms with van der Waals surface area (Å²) in [6, 6.07) is 1.73. The Morgan fingerprint density at radius 3 is 2.74 bits per heavy atom. The van der Waals surface area contributed by atoms with Crippen LogP contribution >= 0.6 is 0 Å². The minimum atomic E-state index is -0.309. The second-order valence-corrected chi connectivity index (χ2v) is 6.99. The lowest BCUT2D eigenvalue weighted by molar-refractivity contribution is -0.207. The first kappa shape index (κ1) is 16.5. The quantitative estimate of drug-likeness (QED) is 0.919. The van der Waals surface area contributed by atoms with Gasteiger partial charge in [0.25, 0.3) is 5.91 Å². The molecular formula is C17H26N2O4. The summed E-state index contributed by atoms with van der Waals surface area (Å²) in [5, 5.41) is 14.1. The molecule has 1 amide bonds. The molecule has 1 aromatic heterocycles. The van der Waals surface area contributed by atoms with Crippen molar-refractivity contribution in [1.29, 1.82) is 0 Å². The SMILES string of the molecule is CCOC1CC(O)C12CCN(C(=O)c1cc(C(C)C)on1)CC2. The fourth-order valence-electron chi connectivity index (χ4n) is 3.77. The Morgan fingerprint density at radius 2 is 2.22 bits per heavy atom. The van der Waals surface area contributed by atoms with Crippen LogP contribution in [0.3, 0.4) is 0 Å². The van der Waals surface area contributed by atoms with Crippen LogP contribution in [0.15, 0.2) is 10.6 Å². The Kier molecular flexibility index (Phi) is 4.47. The van der Waals surface area contributed by atoms with Crippen LogP contribution < -0.4 is 0 Å². The molecule has 2 aliphatic rings. The van der Waals surface area contributed by atoms with Crippen molar-refractivity contribution in [2.75, 3.05) is 19.7 Å². The molecule has 3 rings (SSSR count). The molecule has 1 N–H and O–H groups in total. The van der Waals surface area contributed by atoms with Gasteiger partial charge in [-0.05, 0) is 19.8 Å². The Hall–Kier alpha value is -1.40. The van der Waals surface area contributed by atoms with Crippen LogP contribution in [-0.4, -0.2) is 53.0 Å². The number of amides is 1. The lowest BCUT2D eigenvalue weighted by Gasteiger charge is -2.56. The van der Waals surface area contributed by atoms with E-state index in [4.69, 9.17) is 9.26 Å². The third-order valence-electron chi connectivity index (χ3n) is 5.41. The number of carbonyl (C=O) groups excluding carboxylic acids is 1. The number of nitrogens with zero attached hydrogens (tertiary/aromatic N) is 2. The van der Waals surface area contributed by atoms with Gasteiger partial charge in [0.1, 0.15) is 5.76 Å². The van der Waals surface area contributed by atoms with Crippen LogP contribution in [0, 0.1) is 5.41 Å². The van der Waals surface area contributed by atoms with Gasteiger partial charge in [-0.15, -0.1) is 0 Å². The summed E-state index contributed by atoms with van der Waals surface area (Å²) in [6.45, 7) is 7.91. The van der Waals surface area contributed by atoms with E-state index in [9.17, 15) is 9.90 Å². The summed E-state index contributed by atoms with van der Waals surface area (Å²) in [5.74, 6) is 0.857. The number of ether oxygens (including phenoxy) is 1. The lowest BCUT2D eigenvalue weighted by Crippen LogP contribution is -2.62. The topological polar surface area (TPSA) is 75.8 Å². The molecule has 0 radical (unpaired) electrons. The number of aliphatic hydroxyl groups excluding tert-OH is 1. The number of aromatic nitrogens is 1. The maximum atomic E-state index is 12.6. The molecule has 2 atom stereocenters. The second kappa shape index (κ2) is 6.24. The van der Waals surface area contributed by atoms with Crippen molar-refractivity contribution < 1.29 is 19.2 Å². The number of hydrogen-bond acceptors (Lipinski definition) is 5. The van der Waals surface area contributed by atoms with Crippen LogP contribution in [0.1, 0.15) is 62.2 Å². The van der Waals surface area contributed by atoms with E-state index in [0.717, 1.165) is 18.6 Å². The molecule has 6 heteroatoms. The third kappa shape index (κ3) is 2.78. The van der Waals surface area contributed by atoms with Gasteiger partial charge < -0.3 is 19.3 Å². The average Bonchev–Trinajstić information content (AvgIpc) is 3.04. The number of hydrogen-bond donors (Lipinski definition) is 1. The van der Waals surface area contributed by atoms with Gasteiger partial charge in [-0.2, -0.15) is 0 Å². The highest BCUT2D eigenvalue weighted by Gasteiger charge is 2.56. The smallest absolute Gasteiger partial charge is 0.276 e. The van der Waals surface area contributed by atoms with E-state index in [0.29, 0.717) is 31.8 Å². The normalized spacial score (nSPS) is 26.6. The highest BCUT2D eigenvalue weighted by atomic mass is 16.5. The second-order valence-electron chi connectivity index (χ2n) is 6.99. The van der Waals surface area contributed by atoms with Crippen LogP contribution in [0.25, 0.3) is 0 Å². The molecule has 1 aliphatic heterocycles. The Balaban J connectivity index is 1.63. The van der Waals surface area contributed by atoms with E-state index in [2.05, 4.69) is 5.16 Å². The van der Waals surface area contributed by atoms with Crippen molar-refractivity contribution in [2.45, 2.75) is 58.2 Å². The van der Waals surface area contributed by atoms with E-state index in [1.807, 2.05) is 20.8 Å². The van der Waals surface area contributed by atoms with Gasteiger partial charge in [0.05, 0.1) is 12.2 Å². The van der Waals surface area contributed by atoms with Gasteiger partial charge in [-0.3, -0.25) is 4.79 Å². The minimum absolute atomic E-state index is 0.0859. The Labute approximate surface area is 136 Å². The number of piperidine rings is 1. The lowest BCUT2D eigenvalue weighted by atomic mass is 9.58. The monoisotopic (exact) mass is 322 g/mol. The van der Waals surface area contributed by atoms with Crippen molar-refractivity contribution in [3.63, 3.8) is 0 Å². The zero-order valence-electron chi connectivity index (χ0n) is 14.1. The summed E-state index contributed by atoms with van der Waals surface area (Å²) in [6.07, 6.45) is 2.08. The Morgan fingerprint density at radius 1 is 1.52 bits per heavy atom. The zero-order valence-corrected chi connectivity index (χ0v) is 14.1. The van der Waals surface area contributed by atoms with Gasteiger partial charge in [0.2, 0.25) is 0 Å². The Bertz CT molecular complexity index is 559. The maximum absolute atomic E-state index is 12.6. The van der Waals surface area contributed by atoms with Gasteiger partial charge in [0.15, 0.2) is 5.69 Å². The first-order valence-corrected chi connectivity index (χ1v) is 8.53. The summed E-state index contributed by atoms with van der Waals surface area (Å²) in [7, 11) is 0. The number of aliphatic hydroxyl groups is 1. The number of rotatable bonds is 4. The van der Waals surface area contributed by atoms with E-state index in [1.165, 1.54) is 0 Å². The summed E-state index contributed by atoms with van der Waals surface area (Å²) >= 11 is 0. The van der Waals surface area contributed by atoms with Crippen molar-refractivity contribution in [2.24, 2.45) is 5.41 Å². The highest BCUT2D eigenvalue weighted by molar-refractivity contribution is 5.92. The fraction of sp³-hybridized carbons (Fsp3) is 0.765. The molecule has 1 aliphatic carbocycles. The molecule has 1 spiro atoms. The van der Waals surface area contributed by atoms with Crippen LogP contribution in [0.5, 0.6) is 0 Å². The molecule has 2 unspecified atom stereocenters. The number of likely N-dealkylation sites (tertiary alicyclic amines) is 1. The fourth-order valence-corrected chi connectivity index (χ4v) is 3.77.